The van der Waals surface area contributed by atoms with Crippen molar-refractivity contribution in [3.8, 4) is 17.6 Å². The molecular weight excluding hydrogens is 308 g/mol. The molecule has 0 bridgehead atoms. The number of ether oxygens (including phenoxy) is 2. The average molecular weight is 323 g/mol. The molecule has 1 aromatic carbocycles. The summed E-state index contributed by atoms with van der Waals surface area (Å²) in [5, 5.41) is 12.6. The molecule has 1 N–H and O–H groups in total. The molecule has 1 heterocycles. The molecule has 0 aromatic heterocycles. The topological polar surface area (TPSA) is 54.3 Å². The van der Waals surface area contributed by atoms with Gasteiger partial charge < -0.3 is 14.8 Å². The number of nitriles is 1. The molecular formula is C14H15BrN2O2. The van der Waals surface area contributed by atoms with Gasteiger partial charge in [-0.3, -0.25) is 0 Å². The van der Waals surface area contributed by atoms with Gasteiger partial charge in [-0.15, -0.1) is 0 Å². The van der Waals surface area contributed by atoms with Crippen LogP contribution in [0, 0.1) is 17.2 Å². The lowest BCUT2D eigenvalue weighted by molar-refractivity contribution is 0.174. The third-order valence-electron chi connectivity index (χ3n) is 3.78. The highest BCUT2D eigenvalue weighted by molar-refractivity contribution is 9.10. The van der Waals surface area contributed by atoms with Crippen molar-refractivity contribution in [3.05, 3.63) is 22.2 Å². The van der Waals surface area contributed by atoms with Gasteiger partial charge in [0.2, 0.25) is 6.79 Å². The number of hydrogen-bond donors (Lipinski definition) is 1. The van der Waals surface area contributed by atoms with Gasteiger partial charge in [0.05, 0.1) is 12.0 Å². The van der Waals surface area contributed by atoms with E-state index in [0.29, 0.717) is 6.04 Å². The van der Waals surface area contributed by atoms with Crippen LogP contribution in [0.1, 0.15) is 24.8 Å². The molecule has 1 aliphatic heterocycles. The number of nitrogens with one attached hydrogen (secondary N) is 1. The Hall–Kier alpha value is -1.25. The standard InChI is InChI=1S/C14H15BrN2O2/c15-11-5-14-13(18-8-19-14)4-10(11)7-17-12-3-1-2-9(12)6-16/h4-5,9,12,17H,1-3,7-8H2. The Balaban J connectivity index is 1.69. The monoisotopic (exact) mass is 322 g/mol. The number of halogens is 1. The highest BCUT2D eigenvalue weighted by atomic mass is 79.9. The Morgan fingerprint density at radius 1 is 1.32 bits per heavy atom. The van der Waals surface area contributed by atoms with Gasteiger partial charge in [0.15, 0.2) is 11.5 Å². The zero-order valence-corrected chi connectivity index (χ0v) is 12.1. The normalized spacial score (nSPS) is 24.4. The molecule has 100 valence electrons. The van der Waals surface area contributed by atoms with Crippen molar-refractivity contribution >= 4 is 15.9 Å². The molecule has 0 saturated heterocycles. The van der Waals surface area contributed by atoms with Gasteiger partial charge >= 0.3 is 0 Å². The fourth-order valence-corrected chi connectivity index (χ4v) is 3.16. The van der Waals surface area contributed by atoms with E-state index in [9.17, 15) is 0 Å². The molecule has 2 atom stereocenters. The summed E-state index contributed by atoms with van der Waals surface area (Å²) >= 11 is 3.55. The Kier molecular flexibility index (Phi) is 3.63. The summed E-state index contributed by atoms with van der Waals surface area (Å²) in [4.78, 5) is 0. The summed E-state index contributed by atoms with van der Waals surface area (Å²) in [7, 11) is 0. The second kappa shape index (κ2) is 5.40. The van der Waals surface area contributed by atoms with Crippen molar-refractivity contribution in [2.24, 2.45) is 5.92 Å². The van der Waals surface area contributed by atoms with Gasteiger partial charge in [0, 0.05) is 17.1 Å². The van der Waals surface area contributed by atoms with Crippen LogP contribution in [0.4, 0.5) is 0 Å². The summed E-state index contributed by atoms with van der Waals surface area (Å²) in [6.45, 7) is 1.03. The van der Waals surface area contributed by atoms with E-state index in [4.69, 9.17) is 14.7 Å². The first kappa shape index (κ1) is 12.8. The van der Waals surface area contributed by atoms with Crippen LogP contribution in [-0.4, -0.2) is 12.8 Å². The van der Waals surface area contributed by atoms with Crippen LogP contribution in [0.15, 0.2) is 16.6 Å². The molecule has 2 unspecified atom stereocenters. The van der Waals surface area contributed by atoms with E-state index in [2.05, 4.69) is 27.3 Å². The van der Waals surface area contributed by atoms with Crippen LogP contribution < -0.4 is 14.8 Å². The first-order valence-electron chi connectivity index (χ1n) is 6.49. The average Bonchev–Trinajstić information content (AvgIpc) is 3.03. The second-order valence-electron chi connectivity index (χ2n) is 4.95. The molecule has 1 fully saturated rings. The van der Waals surface area contributed by atoms with E-state index in [1.165, 1.54) is 0 Å². The van der Waals surface area contributed by atoms with Crippen molar-refractivity contribution in [1.82, 2.24) is 5.32 Å². The maximum atomic E-state index is 9.08. The van der Waals surface area contributed by atoms with E-state index in [0.717, 1.165) is 47.3 Å². The van der Waals surface area contributed by atoms with Crippen LogP contribution in [-0.2, 0) is 6.54 Å². The molecule has 0 spiro atoms. The predicted octanol–water partition coefficient (Wildman–Crippen LogP) is 2.96. The molecule has 3 rings (SSSR count). The highest BCUT2D eigenvalue weighted by Gasteiger charge is 2.26. The van der Waals surface area contributed by atoms with Gasteiger partial charge in [0.25, 0.3) is 0 Å². The van der Waals surface area contributed by atoms with E-state index >= 15 is 0 Å². The van der Waals surface area contributed by atoms with E-state index in [-0.39, 0.29) is 12.7 Å². The summed E-state index contributed by atoms with van der Waals surface area (Å²) < 4.78 is 11.7. The molecule has 5 heteroatoms. The van der Waals surface area contributed by atoms with Crippen molar-refractivity contribution in [2.75, 3.05) is 6.79 Å². The molecule has 2 aliphatic rings. The van der Waals surface area contributed by atoms with E-state index < -0.39 is 0 Å². The molecule has 0 radical (unpaired) electrons. The zero-order chi connectivity index (χ0) is 13.2. The first-order valence-corrected chi connectivity index (χ1v) is 7.28. The number of fused-ring (bicyclic) bond motifs is 1. The van der Waals surface area contributed by atoms with Gasteiger partial charge in [-0.05, 0) is 30.5 Å². The van der Waals surface area contributed by atoms with Crippen LogP contribution in [0.25, 0.3) is 0 Å². The van der Waals surface area contributed by atoms with Crippen molar-refractivity contribution < 1.29 is 9.47 Å². The lowest BCUT2D eigenvalue weighted by Gasteiger charge is -2.16. The van der Waals surface area contributed by atoms with Crippen molar-refractivity contribution in [1.29, 1.82) is 5.26 Å². The van der Waals surface area contributed by atoms with E-state index in [1.807, 2.05) is 12.1 Å². The van der Waals surface area contributed by atoms with Crippen LogP contribution in [0.3, 0.4) is 0 Å². The molecule has 1 aliphatic carbocycles. The SMILES string of the molecule is N#CC1CCCC1NCc1cc2c(cc1Br)OCO2. The Morgan fingerprint density at radius 2 is 2.11 bits per heavy atom. The quantitative estimate of drug-likeness (QED) is 0.929. The number of hydrogen-bond acceptors (Lipinski definition) is 4. The second-order valence-corrected chi connectivity index (χ2v) is 5.81. The summed E-state index contributed by atoms with van der Waals surface area (Å²) in [5.41, 5.74) is 1.13. The largest absolute Gasteiger partial charge is 0.454 e. The minimum absolute atomic E-state index is 0.146. The Labute approximate surface area is 120 Å². The number of benzene rings is 1. The van der Waals surface area contributed by atoms with Gasteiger partial charge in [-0.1, -0.05) is 22.4 Å². The minimum atomic E-state index is 0.146. The third kappa shape index (κ3) is 2.56. The van der Waals surface area contributed by atoms with Crippen molar-refractivity contribution in [2.45, 2.75) is 31.8 Å². The Bertz CT molecular complexity index is 527. The van der Waals surface area contributed by atoms with E-state index in [1.54, 1.807) is 0 Å². The predicted molar refractivity (Wildman–Crippen MR) is 73.8 cm³/mol. The van der Waals surface area contributed by atoms with Gasteiger partial charge in [-0.2, -0.15) is 5.26 Å². The lowest BCUT2D eigenvalue weighted by atomic mass is 10.1. The highest BCUT2D eigenvalue weighted by Crippen LogP contribution is 2.37. The zero-order valence-electron chi connectivity index (χ0n) is 10.5. The molecule has 19 heavy (non-hydrogen) atoms. The fraction of sp³-hybridized carbons (Fsp3) is 0.500. The lowest BCUT2D eigenvalue weighted by Crippen LogP contribution is -2.31. The van der Waals surface area contributed by atoms with Gasteiger partial charge in [-0.25, -0.2) is 0 Å². The molecule has 1 saturated carbocycles. The summed E-state index contributed by atoms with van der Waals surface area (Å²) in [5.74, 6) is 1.72. The maximum Gasteiger partial charge on any atom is 0.231 e. The Morgan fingerprint density at radius 3 is 2.89 bits per heavy atom. The fourth-order valence-electron chi connectivity index (χ4n) is 2.69. The summed E-state index contributed by atoms with van der Waals surface area (Å²) in [6.07, 6.45) is 3.23. The van der Waals surface area contributed by atoms with Gasteiger partial charge in [0.1, 0.15) is 0 Å². The minimum Gasteiger partial charge on any atom is -0.454 e. The van der Waals surface area contributed by atoms with Crippen LogP contribution in [0.5, 0.6) is 11.5 Å². The molecule has 0 amide bonds. The summed E-state index contributed by atoms with van der Waals surface area (Å²) in [6, 6.07) is 6.63. The first-order chi connectivity index (χ1) is 9.28. The smallest absolute Gasteiger partial charge is 0.231 e. The van der Waals surface area contributed by atoms with Crippen molar-refractivity contribution in [3.63, 3.8) is 0 Å². The number of nitrogens with zero attached hydrogens (tertiary/aromatic N) is 1. The molecule has 1 aromatic rings. The maximum absolute atomic E-state index is 9.08. The van der Waals surface area contributed by atoms with Crippen LogP contribution in [0.2, 0.25) is 0 Å². The molecule has 4 nitrogen and oxygen atoms in total. The number of rotatable bonds is 3. The third-order valence-corrected chi connectivity index (χ3v) is 4.52. The van der Waals surface area contributed by atoms with Crippen LogP contribution >= 0.6 is 15.9 Å².